The Balaban J connectivity index is 2.18. The van der Waals surface area contributed by atoms with Crippen LogP contribution in [0.4, 0.5) is 0 Å². The number of rotatable bonds is 4. The van der Waals surface area contributed by atoms with Crippen LogP contribution in [0.2, 0.25) is 0 Å². The Morgan fingerprint density at radius 1 is 1.10 bits per heavy atom. The maximum absolute atomic E-state index is 13.4. The van der Waals surface area contributed by atoms with Crippen molar-refractivity contribution in [3.8, 4) is 0 Å². The molecule has 2 aliphatic rings. The fourth-order valence-corrected chi connectivity index (χ4v) is 4.54. The van der Waals surface area contributed by atoms with Crippen molar-refractivity contribution in [2.75, 3.05) is 14.1 Å². The molecule has 0 aromatic heterocycles. The third kappa shape index (κ3) is 2.95. The lowest BCUT2D eigenvalue weighted by atomic mass is 9.65. The molecule has 0 bridgehead atoms. The average Bonchev–Trinajstić information content (AvgIpc) is 2.47. The molecule has 0 amide bonds. The minimum Gasteiger partial charge on any atom is -0.297 e. The Kier molecular flexibility index (Phi) is 5.28. The molecule has 20 heavy (non-hydrogen) atoms. The van der Waals surface area contributed by atoms with Crippen molar-refractivity contribution in [1.82, 2.24) is 4.90 Å². The number of likely N-dealkylation sites (N-methyl/N-ethyl adjacent to an activating group) is 1. The molecule has 116 valence electrons. The van der Waals surface area contributed by atoms with Crippen LogP contribution in [0.3, 0.4) is 0 Å². The molecule has 0 radical (unpaired) electrons. The van der Waals surface area contributed by atoms with E-state index in [1.54, 1.807) is 0 Å². The summed E-state index contributed by atoms with van der Waals surface area (Å²) in [6.07, 6.45) is 10.8. The van der Waals surface area contributed by atoms with E-state index < -0.39 is 0 Å². The molecule has 0 aliphatic heterocycles. The molecular formula is C18H33NO. The van der Waals surface area contributed by atoms with Gasteiger partial charge >= 0.3 is 0 Å². The average molecular weight is 279 g/mol. The van der Waals surface area contributed by atoms with Crippen molar-refractivity contribution in [3.63, 3.8) is 0 Å². The Bertz CT molecular complexity index is 328. The topological polar surface area (TPSA) is 20.3 Å². The van der Waals surface area contributed by atoms with Gasteiger partial charge in [0.2, 0.25) is 0 Å². The first kappa shape index (κ1) is 16.0. The normalized spacial score (nSPS) is 39.0. The van der Waals surface area contributed by atoms with Gasteiger partial charge in [-0.2, -0.15) is 0 Å². The van der Waals surface area contributed by atoms with Crippen LogP contribution in [0.25, 0.3) is 0 Å². The molecule has 0 saturated heterocycles. The predicted octanol–water partition coefficient (Wildman–Crippen LogP) is 4.28. The number of hydrogen-bond donors (Lipinski definition) is 0. The van der Waals surface area contributed by atoms with E-state index in [1.165, 1.54) is 38.5 Å². The molecule has 0 aromatic carbocycles. The van der Waals surface area contributed by atoms with Gasteiger partial charge in [0.25, 0.3) is 0 Å². The molecule has 2 aliphatic carbocycles. The van der Waals surface area contributed by atoms with Crippen molar-refractivity contribution in [3.05, 3.63) is 0 Å². The van der Waals surface area contributed by atoms with Gasteiger partial charge < -0.3 is 0 Å². The highest BCUT2D eigenvalue weighted by Crippen LogP contribution is 2.42. The number of Topliss-reactive ketones (excluding diaryl/α,β-unsaturated/α-hetero) is 1. The number of hydrogen-bond acceptors (Lipinski definition) is 2. The molecule has 2 saturated carbocycles. The third-order valence-corrected chi connectivity index (χ3v) is 6.19. The molecule has 0 heterocycles. The second-order valence-corrected chi connectivity index (χ2v) is 7.53. The second kappa shape index (κ2) is 6.60. The predicted molar refractivity (Wildman–Crippen MR) is 84.8 cm³/mol. The van der Waals surface area contributed by atoms with Gasteiger partial charge in [-0.1, -0.05) is 33.1 Å². The Hall–Kier alpha value is -0.370. The largest absolute Gasteiger partial charge is 0.297 e. The van der Waals surface area contributed by atoms with E-state index in [2.05, 4.69) is 32.8 Å². The standard InChI is InChI=1S/C18H33NO/c1-5-15-8-6-7-9-16(15)17(20)18(19(3)4)12-10-14(2)11-13-18/h14-16H,5-13H2,1-4H3. The summed E-state index contributed by atoms with van der Waals surface area (Å²) in [5, 5.41) is 0. The van der Waals surface area contributed by atoms with Crippen molar-refractivity contribution in [1.29, 1.82) is 0 Å². The highest BCUT2D eigenvalue weighted by molar-refractivity contribution is 5.91. The molecule has 0 N–H and O–H groups in total. The lowest BCUT2D eigenvalue weighted by Gasteiger charge is -2.46. The quantitative estimate of drug-likeness (QED) is 0.765. The molecular weight excluding hydrogens is 246 g/mol. The summed E-state index contributed by atoms with van der Waals surface area (Å²) in [6.45, 7) is 4.60. The van der Waals surface area contributed by atoms with E-state index >= 15 is 0 Å². The monoisotopic (exact) mass is 279 g/mol. The zero-order valence-electron chi connectivity index (χ0n) is 14.0. The first-order valence-corrected chi connectivity index (χ1v) is 8.73. The summed E-state index contributed by atoms with van der Waals surface area (Å²) < 4.78 is 0. The van der Waals surface area contributed by atoms with E-state index in [0.29, 0.717) is 17.6 Å². The number of ketones is 1. The highest BCUT2D eigenvalue weighted by atomic mass is 16.1. The van der Waals surface area contributed by atoms with Crippen LogP contribution in [-0.2, 0) is 4.79 Å². The number of nitrogens with zero attached hydrogens (tertiary/aromatic N) is 1. The first-order chi connectivity index (χ1) is 9.51. The summed E-state index contributed by atoms with van der Waals surface area (Å²) >= 11 is 0. The zero-order chi connectivity index (χ0) is 14.8. The molecule has 0 spiro atoms. The van der Waals surface area contributed by atoms with Crippen LogP contribution in [-0.4, -0.2) is 30.3 Å². The van der Waals surface area contributed by atoms with E-state index in [9.17, 15) is 4.79 Å². The van der Waals surface area contributed by atoms with Gasteiger partial charge in [0.05, 0.1) is 5.54 Å². The molecule has 2 nitrogen and oxygen atoms in total. The molecule has 0 aromatic rings. The lowest BCUT2D eigenvalue weighted by Crippen LogP contribution is -2.56. The summed E-state index contributed by atoms with van der Waals surface area (Å²) in [6, 6.07) is 0. The van der Waals surface area contributed by atoms with Crippen molar-refractivity contribution < 1.29 is 4.79 Å². The van der Waals surface area contributed by atoms with Crippen molar-refractivity contribution in [2.24, 2.45) is 17.8 Å². The van der Waals surface area contributed by atoms with Crippen molar-refractivity contribution in [2.45, 2.75) is 77.2 Å². The van der Waals surface area contributed by atoms with E-state index in [-0.39, 0.29) is 5.54 Å². The van der Waals surface area contributed by atoms with Crippen LogP contribution >= 0.6 is 0 Å². The van der Waals surface area contributed by atoms with E-state index in [4.69, 9.17) is 0 Å². The smallest absolute Gasteiger partial charge is 0.156 e. The van der Waals surface area contributed by atoms with Crippen LogP contribution < -0.4 is 0 Å². The van der Waals surface area contributed by atoms with Gasteiger partial charge in [-0.15, -0.1) is 0 Å². The minimum absolute atomic E-state index is 0.151. The van der Waals surface area contributed by atoms with Gasteiger partial charge in [-0.3, -0.25) is 9.69 Å². The molecule has 2 atom stereocenters. The Labute approximate surface area is 125 Å². The molecule has 2 fully saturated rings. The van der Waals surface area contributed by atoms with Gasteiger partial charge in [-0.05, 0) is 64.5 Å². The van der Waals surface area contributed by atoms with E-state index in [1.807, 2.05) is 0 Å². The number of carbonyl (C=O) groups is 1. The van der Waals surface area contributed by atoms with Gasteiger partial charge in [0.1, 0.15) is 0 Å². The third-order valence-electron chi connectivity index (χ3n) is 6.19. The van der Waals surface area contributed by atoms with Crippen LogP contribution in [0, 0.1) is 17.8 Å². The van der Waals surface area contributed by atoms with Crippen molar-refractivity contribution >= 4 is 5.78 Å². The Morgan fingerprint density at radius 3 is 2.25 bits per heavy atom. The summed E-state index contributed by atoms with van der Waals surface area (Å²) in [4.78, 5) is 15.6. The summed E-state index contributed by atoms with van der Waals surface area (Å²) in [5.41, 5.74) is -0.151. The molecule has 2 heteroatoms. The van der Waals surface area contributed by atoms with Gasteiger partial charge in [-0.25, -0.2) is 0 Å². The van der Waals surface area contributed by atoms with Gasteiger partial charge in [0.15, 0.2) is 5.78 Å². The summed E-state index contributed by atoms with van der Waals surface area (Å²) in [7, 11) is 4.25. The zero-order valence-corrected chi connectivity index (χ0v) is 14.0. The van der Waals surface area contributed by atoms with Crippen LogP contribution in [0.1, 0.15) is 71.6 Å². The first-order valence-electron chi connectivity index (χ1n) is 8.73. The van der Waals surface area contributed by atoms with Crippen LogP contribution in [0.15, 0.2) is 0 Å². The lowest BCUT2D eigenvalue weighted by molar-refractivity contribution is -0.139. The van der Waals surface area contributed by atoms with E-state index in [0.717, 1.165) is 25.2 Å². The second-order valence-electron chi connectivity index (χ2n) is 7.53. The SMILES string of the molecule is CCC1CCCCC1C(=O)C1(N(C)C)CCC(C)CC1. The molecule has 2 unspecified atom stereocenters. The fourth-order valence-electron chi connectivity index (χ4n) is 4.54. The minimum atomic E-state index is -0.151. The van der Waals surface area contributed by atoms with Crippen LogP contribution in [0.5, 0.6) is 0 Å². The number of carbonyl (C=O) groups excluding carboxylic acids is 1. The fraction of sp³-hybridized carbons (Fsp3) is 0.944. The maximum atomic E-state index is 13.4. The highest BCUT2D eigenvalue weighted by Gasteiger charge is 2.47. The molecule has 2 rings (SSSR count). The maximum Gasteiger partial charge on any atom is 0.156 e. The Morgan fingerprint density at radius 2 is 1.70 bits per heavy atom. The van der Waals surface area contributed by atoms with Gasteiger partial charge in [0, 0.05) is 5.92 Å². The summed E-state index contributed by atoms with van der Waals surface area (Å²) in [5.74, 6) is 2.36.